The van der Waals surface area contributed by atoms with Crippen LogP contribution in [0.2, 0.25) is 0 Å². The molecule has 0 spiro atoms. The molecule has 0 unspecified atom stereocenters. The van der Waals surface area contributed by atoms with Gasteiger partial charge in [0.2, 0.25) is 0 Å². The van der Waals surface area contributed by atoms with Crippen LogP contribution in [0, 0.1) is 0 Å². The van der Waals surface area contributed by atoms with Crippen molar-refractivity contribution in [2.24, 2.45) is 0 Å². The minimum Gasteiger partial charge on any atom is -0.140 e. The number of rotatable bonds is 20. The van der Waals surface area contributed by atoms with Crippen LogP contribution in [-0.2, 0) is 12.8 Å². The summed E-state index contributed by atoms with van der Waals surface area (Å²) in [4.78, 5) is 5.89. The summed E-state index contributed by atoms with van der Waals surface area (Å²) >= 11 is 3.97. The number of aryl methyl sites for hydroxylation is 2. The molecule has 4 rings (SSSR count). The largest absolute Gasteiger partial charge is 0.140 e. The van der Waals surface area contributed by atoms with E-state index in [1.54, 1.807) is 0 Å². The van der Waals surface area contributed by atoms with E-state index in [1.807, 2.05) is 22.7 Å². The summed E-state index contributed by atoms with van der Waals surface area (Å²) in [6.45, 7) is 4.59. The summed E-state index contributed by atoms with van der Waals surface area (Å²) in [6, 6.07) is 23.4. The van der Waals surface area contributed by atoms with Gasteiger partial charge in [-0.2, -0.15) is 0 Å². The summed E-state index contributed by atoms with van der Waals surface area (Å²) < 4.78 is 0. The van der Waals surface area contributed by atoms with Crippen LogP contribution in [0.3, 0.4) is 0 Å². The van der Waals surface area contributed by atoms with Gasteiger partial charge >= 0.3 is 0 Å². The first-order chi connectivity index (χ1) is 19.8. The lowest BCUT2D eigenvalue weighted by molar-refractivity contribution is 0.576. The Morgan fingerprint density at radius 1 is 0.400 bits per heavy atom. The molecule has 0 nitrogen and oxygen atoms in total. The molecular formula is C38H52S2. The third-order valence-electron chi connectivity index (χ3n) is 8.29. The van der Waals surface area contributed by atoms with E-state index in [2.05, 4.69) is 74.5 Å². The number of hydrogen-bond acceptors (Lipinski definition) is 2. The zero-order valence-electron chi connectivity index (χ0n) is 25.3. The topological polar surface area (TPSA) is 0 Å². The third kappa shape index (κ3) is 10.2. The average molecular weight is 573 g/mol. The van der Waals surface area contributed by atoms with E-state index >= 15 is 0 Å². The number of benzene rings is 2. The Morgan fingerprint density at radius 3 is 1.18 bits per heavy atom. The molecule has 0 saturated heterocycles. The van der Waals surface area contributed by atoms with E-state index < -0.39 is 0 Å². The van der Waals surface area contributed by atoms with Crippen molar-refractivity contribution in [3.8, 4) is 20.9 Å². The second-order valence-corrected chi connectivity index (χ2v) is 14.1. The second kappa shape index (κ2) is 17.8. The van der Waals surface area contributed by atoms with Crippen LogP contribution in [0.1, 0.15) is 126 Å². The van der Waals surface area contributed by atoms with Gasteiger partial charge in [0.25, 0.3) is 0 Å². The Morgan fingerprint density at radius 2 is 0.775 bits per heavy atom. The fourth-order valence-corrected chi connectivity index (χ4v) is 7.85. The first kappa shape index (κ1) is 31.0. The highest BCUT2D eigenvalue weighted by Crippen LogP contribution is 2.35. The van der Waals surface area contributed by atoms with Crippen molar-refractivity contribution in [2.75, 3.05) is 0 Å². The summed E-state index contributed by atoms with van der Waals surface area (Å²) in [7, 11) is 0. The number of hydrogen-bond donors (Lipinski definition) is 0. The van der Waals surface area contributed by atoms with Crippen LogP contribution in [0.15, 0.2) is 60.7 Å². The zero-order chi connectivity index (χ0) is 27.8. The molecule has 0 atom stereocenters. The van der Waals surface area contributed by atoms with Gasteiger partial charge in [-0.1, -0.05) is 128 Å². The van der Waals surface area contributed by atoms with Crippen LogP contribution >= 0.6 is 22.7 Å². The maximum Gasteiger partial charge on any atom is 0.0345 e. The van der Waals surface area contributed by atoms with E-state index in [9.17, 15) is 0 Å². The molecule has 216 valence electrons. The highest BCUT2D eigenvalue weighted by Gasteiger charge is 2.08. The summed E-state index contributed by atoms with van der Waals surface area (Å²) in [5.74, 6) is 0. The molecular weight excluding hydrogens is 521 g/mol. The first-order valence-electron chi connectivity index (χ1n) is 16.5. The van der Waals surface area contributed by atoms with Gasteiger partial charge in [-0.25, -0.2) is 0 Å². The van der Waals surface area contributed by atoms with E-state index in [4.69, 9.17) is 0 Å². The van der Waals surface area contributed by atoms with Crippen molar-refractivity contribution in [1.82, 2.24) is 0 Å². The molecule has 2 heterocycles. The van der Waals surface area contributed by atoms with Crippen molar-refractivity contribution in [2.45, 2.75) is 129 Å². The van der Waals surface area contributed by atoms with Crippen molar-refractivity contribution in [1.29, 1.82) is 0 Å². The van der Waals surface area contributed by atoms with Gasteiger partial charge in [0, 0.05) is 19.5 Å². The molecule has 0 N–H and O–H groups in total. The Balaban J connectivity index is 1.24. The fraction of sp³-hybridized carbons (Fsp3) is 0.526. The molecule has 2 aromatic carbocycles. The van der Waals surface area contributed by atoms with Gasteiger partial charge in [0.15, 0.2) is 0 Å². The number of unbranched alkanes of at least 4 members (excludes halogenated alkanes) is 14. The fourth-order valence-electron chi connectivity index (χ4n) is 5.75. The van der Waals surface area contributed by atoms with Crippen LogP contribution < -0.4 is 0 Å². The zero-order valence-corrected chi connectivity index (χ0v) is 27.0. The molecule has 0 aliphatic heterocycles. The molecule has 2 aromatic heterocycles. The Kier molecular flexibility index (Phi) is 13.8. The van der Waals surface area contributed by atoms with Crippen molar-refractivity contribution >= 4 is 33.4 Å². The lowest BCUT2D eigenvalue weighted by Gasteiger charge is -2.05. The lowest BCUT2D eigenvalue weighted by atomic mass is 10.0. The molecule has 0 amide bonds. The maximum absolute atomic E-state index is 2.38. The van der Waals surface area contributed by atoms with Crippen LogP contribution in [0.5, 0.6) is 0 Å². The predicted molar refractivity (Wildman–Crippen MR) is 183 cm³/mol. The van der Waals surface area contributed by atoms with Gasteiger partial charge in [-0.3, -0.25) is 0 Å². The average Bonchev–Trinajstić information content (AvgIpc) is 3.66. The SMILES string of the molecule is CCCCCCCCCCc1ccc(-c2ccc3cc(-c4ccc(CCCCCCCCCC)s4)ccc3c2)s1. The number of fused-ring (bicyclic) bond motifs is 1. The van der Waals surface area contributed by atoms with Crippen LogP contribution in [0.4, 0.5) is 0 Å². The first-order valence-corrected chi connectivity index (χ1v) is 18.1. The predicted octanol–water partition coefficient (Wildman–Crippen LogP) is 13.7. The van der Waals surface area contributed by atoms with Crippen LogP contribution in [-0.4, -0.2) is 0 Å². The Hall–Kier alpha value is -1.90. The molecule has 2 heteroatoms. The molecule has 40 heavy (non-hydrogen) atoms. The molecule has 0 bridgehead atoms. The van der Waals surface area contributed by atoms with E-state index in [1.165, 1.54) is 157 Å². The van der Waals surface area contributed by atoms with E-state index in [-0.39, 0.29) is 0 Å². The minimum atomic E-state index is 1.23. The standard InChI is InChI=1S/C38H52S2/c1-3-5-7-9-11-13-15-17-19-35-25-27-37(39-35)33-23-21-32-30-34(24-22-31(32)29-33)38-28-26-36(40-38)20-18-16-14-12-10-8-6-4-2/h21-30H,3-20H2,1-2H3. The number of thiophene rings is 2. The lowest BCUT2D eigenvalue weighted by Crippen LogP contribution is -1.83. The third-order valence-corrected chi connectivity index (χ3v) is 10.7. The van der Waals surface area contributed by atoms with Gasteiger partial charge in [0.05, 0.1) is 0 Å². The van der Waals surface area contributed by atoms with Crippen molar-refractivity contribution in [3.63, 3.8) is 0 Å². The Bertz CT molecular complexity index is 1150. The molecule has 0 fully saturated rings. The summed E-state index contributed by atoms with van der Waals surface area (Å²) in [6.07, 6.45) is 24.7. The molecule has 0 saturated carbocycles. The minimum absolute atomic E-state index is 1.23. The van der Waals surface area contributed by atoms with Crippen LogP contribution in [0.25, 0.3) is 31.7 Å². The quantitative estimate of drug-likeness (QED) is 0.0924. The van der Waals surface area contributed by atoms with E-state index in [0.717, 1.165) is 0 Å². The summed E-state index contributed by atoms with van der Waals surface area (Å²) in [5.41, 5.74) is 2.72. The van der Waals surface area contributed by atoms with Crippen molar-refractivity contribution < 1.29 is 0 Å². The van der Waals surface area contributed by atoms with Crippen molar-refractivity contribution in [3.05, 3.63) is 70.4 Å². The summed E-state index contributed by atoms with van der Waals surface area (Å²) in [5, 5.41) is 2.69. The van der Waals surface area contributed by atoms with E-state index in [0.29, 0.717) is 0 Å². The maximum atomic E-state index is 2.38. The van der Waals surface area contributed by atoms with Gasteiger partial charge in [0.1, 0.15) is 0 Å². The molecule has 0 aliphatic rings. The Labute approximate surface area is 253 Å². The van der Waals surface area contributed by atoms with Gasteiger partial charge in [-0.15, -0.1) is 22.7 Å². The van der Waals surface area contributed by atoms with Gasteiger partial charge < -0.3 is 0 Å². The highest BCUT2D eigenvalue weighted by atomic mass is 32.1. The second-order valence-electron chi connectivity index (χ2n) is 11.8. The highest BCUT2D eigenvalue weighted by molar-refractivity contribution is 7.15. The molecule has 4 aromatic rings. The normalized spacial score (nSPS) is 11.6. The molecule has 0 aliphatic carbocycles. The molecule has 0 radical (unpaired) electrons. The van der Waals surface area contributed by atoms with Gasteiger partial charge in [-0.05, 0) is 84.0 Å². The smallest absolute Gasteiger partial charge is 0.0345 e. The monoisotopic (exact) mass is 572 g/mol.